The summed E-state index contributed by atoms with van der Waals surface area (Å²) in [6.07, 6.45) is 0. The van der Waals surface area contributed by atoms with Gasteiger partial charge in [0, 0.05) is 25.7 Å². The summed E-state index contributed by atoms with van der Waals surface area (Å²) < 4.78 is 5.30. The third kappa shape index (κ3) is 4.80. The molecule has 0 aromatic heterocycles. The van der Waals surface area contributed by atoms with E-state index in [1.54, 1.807) is 7.11 Å². The highest BCUT2D eigenvalue weighted by atomic mass is 16.5. The van der Waals surface area contributed by atoms with Crippen molar-refractivity contribution in [3.8, 4) is 0 Å². The minimum Gasteiger partial charge on any atom is -0.383 e. The van der Waals surface area contributed by atoms with Crippen LogP contribution in [0.1, 0.15) is 51.8 Å². The van der Waals surface area contributed by atoms with E-state index in [1.807, 2.05) is 0 Å². The third-order valence-corrected chi connectivity index (χ3v) is 4.12. The van der Waals surface area contributed by atoms with E-state index in [0.29, 0.717) is 12.6 Å². The van der Waals surface area contributed by atoms with Gasteiger partial charge < -0.3 is 10.5 Å². The van der Waals surface area contributed by atoms with Gasteiger partial charge in [0.05, 0.1) is 6.61 Å². The summed E-state index contributed by atoms with van der Waals surface area (Å²) in [7, 11) is 1.75. The van der Waals surface area contributed by atoms with Crippen molar-refractivity contribution < 1.29 is 4.74 Å². The number of hydrogen-bond donors (Lipinski definition) is 1. The number of rotatable bonds is 7. The molecule has 0 bridgehead atoms. The molecule has 3 heteroatoms. The topological polar surface area (TPSA) is 38.5 Å². The summed E-state index contributed by atoms with van der Waals surface area (Å²) in [5, 5.41) is 0. The first kappa shape index (κ1) is 18.1. The Morgan fingerprint density at radius 2 is 1.76 bits per heavy atom. The first-order valence-corrected chi connectivity index (χ1v) is 7.90. The van der Waals surface area contributed by atoms with E-state index in [0.717, 1.165) is 13.2 Å². The SMILES string of the molecule is CCN(C(C)COC)C(CN)c1ccc(C(C)(C)C)cc1. The molecule has 21 heavy (non-hydrogen) atoms. The number of likely N-dealkylation sites (N-methyl/N-ethyl adjacent to an activating group) is 1. The van der Waals surface area contributed by atoms with Gasteiger partial charge in [0.25, 0.3) is 0 Å². The maximum absolute atomic E-state index is 6.06. The number of nitrogens with two attached hydrogens (primary N) is 1. The van der Waals surface area contributed by atoms with E-state index in [9.17, 15) is 0 Å². The van der Waals surface area contributed by atoms with Crippen LogP contribution in [0, 0.1) is 0 Å². The number of ether oxygens (including phenoxy) is 1. The van der Waals surface area contributed by atoms with Crippen molar-refractivity contribution >= 4 is 0 Å². The van der Waals surface area contributed by atoms with Gasteiger partial charge in [-0.15, -0.1) is 0 Å². The van der Waals surface area contributed by atoms with Crippen molar-refractivity contribution in [3.05, 3.63) is 35.4 Å². The van der Waals surface area contributed by atoms with Gasteiger partial charge in [-0.25, -0.2) is 0 Å². The molecule has 1 aromatic carbocycles. The van der Waals surface area contributed by atoms with E-state index in [2.05, 4.69) is 63.8 Å². The van der Waals surface area contributed by atoms with Crippen LogP contribution in [-0.4, -0.2) is 37.7 Å². The van der Waals surface area contributed by atoms with Crippen LogP contribution < -0.4 is 5.73 Å². The van der Waals surface area contributed by atoms with Crippen molar-refractivity contribution in [1.82, 2.24) is 4.90 Å². The van der Waals surface area contributed by atoms with Crippen molar-refractivity contribution in [2.24, 2.45) is 5.73 Å². The Morgan fingerprint density at radius 3 is 2.14 bits per heavy atom. The summed E-state index contributed by atoms with van der Waals surface area (Å²) in [6.45, 7) is 13.4. The largest absolute Gasteiger partial charge is 0.383 e. The molecular formula is C18H32N2O. The quantitative estimate of drug-likeness (QED) is 0.837. The van der Waals surface area contributed by atoms with E-state index in [1.165, 1.54) is 11.1 Å². The highest BCUT2D eigenvalue weighted by Crippen LogP contribution is 2.26. The Hall–Kier alpha value is -0.900. The smallest absolute Gasteiger partial charge is 0.0615 e. The molecule has 0 saturated carbocycles. The Bertz CT molecular complexity index is 408. The molecule has 0 heterocycles. The van der Waals surface area contributed by atoms with Gasteiger partial charge in [-0.3, -0.25) is 4.90 Å². The molecule has 2 N–H and O–H groups in total. The molecule has 0 aliphatic carbocycles. The predicted molar refractivity (Wildman–Crippen MR) is 90.7 cm³/mol. The van der Waals surface area contributed by atoms with Crippen LogP contribution in [0.4, 0.5) is 0 Å². The molecule has 1 aromatic rings. The molecule has 0 amide bonds. The average Bonchev–Trinajstić information content (AvgIpc) is 2.44. The van der Waals surface area contributed by atoms with Crippen LogP contribution in [0.3, 0.4) is 0 Å². The normalized spacial score (nSPS) is 15.2. The molecule has 0 aliphatic heterocycles. The van der Waals surface area contributed by atoms with Gasteiger partial charge in [0.1, 0.15) is 0 Å². The van der Waals surface area contributed by atoms with Crippen LogP contribution in [0.25, 0.3) is 0 Å². The number of methoxy groups -OCH3 is 1. The van der Waals surface area contributed by atoms with E-state index < -0.39 is 0 Å². The van der Waals surface area contributed by atoms with Gasteiger partial charge in [-0.05, 0) is 30.0 Å². The van der Waals surface area contributed by atoms with Gasteiger partial charge in [0.2, 0.25) is 0 Å². The lowest BCUT2D eigenvalue weighted by molar-refractivity contribution is 0.0751. The van der Waals surface area contributed by atoms with Gasteiger partial charge in [-0.1, -0.05) is 52.0 Å². The van der Waals surface area contributed by atoms with Gasteiger partial charge in [0.15, 0.2) is 0 Å². The second-order valence-corrected chi connectivity index (χ2v) is 6.76. The predicted octanol–water partition coefficient (Wildman–Crippen LogP) is 3.34. The van der Waals surface area contributed by atoms with Crippen molar-refractivity contribution in [3.63, 3.8) is 0 Å². The Balaban J connectivity index is 2.98. The fourth-order valence-electron chi connectivity index (χ4n) is 2.84. The summed E-state index contributed by atoms with van der Waals surface area (Å²) in [6, 6.07) is 9.50. The lowest BCUT2D eigenvalue weighted by Crippen LogP contribution is -2.42. The molecule has 2 unspecified atom stereocenters. The van der Waals surface area contributed by atoms with Crippen LogP contribution in [0.15, 0.2) is 24.3 Å². The van der Waals surface area contributed by atoms with Crippen LogP contribution in [-0.2, 0) is 10.2 Å². The zero-order valence-corrected chi connectivity index (χ0v) is 14.5. The zero-order chi connectivity index (χ0) is 16.0. The van der Waals surface area contributed by atoms with Crippen molar-refractivity contribution in [1.29, 1.82) is 0 Å². The van der Waals surface area contributed by atoms with Gasteiger partial charge in [-0.2, -0.15) is 0 Å². The molecule has 0 fully saturated rings. The standard InChI is InChI=1S/C18H32N2O/c1-7-20(14(2)13-21-6)17(12-19)15-8-10-16(11-9-15)18(3,4)5/h8-11,14,17H,7,12-13,19H2,1-6H3. The first-order valence-electron chi connectivity index (χ1n) is 7.90. The molecular weight excluding hydrogens is 260 g/mol. The highest BCUT2D eigenvalue weighted by Gasteiger charge is 2.23. The fraction of sp³-hybridized carbons (Fsp3) is 0.667. The van der Waals surface area contributed by atoms with Gasteiger partial charge >= 0.3 is 0 Å². The molecule has 1 rings (SSSR count). The van der Waals surface area contributed by atoms with E-state index in [4.69, 9.17) is 10.5 Å². The maximum Gasteiger partial charge on any atom is 0.0615 e. The fourth-order valence-corrected chi connectivity index (χ4v) is 2.84. The number of benzene rings is 1. The number of nitrogens with zero attached hydrogens (tertiary/aromatic N) is 1. The molecule has 120 valence electrons. The van der Waals surface area contributed by atoms with Crippen molar-refractivity contribution in [2.75, 3.05) is 26.8 Å². The van der Waals surface area contributed by atoms with Crippen LogP contribution in [0.5, 0.6) is 0 Å². The second kappa shape index (κ2) is 7.92. The Kier molecular flexibility index (Phi) is 6.85. The maximum atomic E-state index is 6.06. The van der Waals surface area contributed by atoms with E-state index in [-0.39, 0.29) is 11.5 Å². The molecule has 2 atom stereocenters. The lowest BCUT2D eigenvalue weighted by atomic mass is 9.86. The van der Waals surface area contributed by atoms with E-state index >= 15 is 0 Å². The summed E-state index contributed by atoms with van der Waals surface area (Å²) >= 11 is 0. The average molecular weight is 292 g/mol. The second-order valence-electron chi connectivity index (χ2n) is 6.76. The first-order chi connectivity index (χ1) is 9.85. The summed E-state index contributed by atoms with van der Waals surface area (Å²) in [5.74, 6) is 0. The molecule has 0 spiro atoms. The number of hydrogen-bond acceptors (Lipinski definition) is 3. The third-order valence-electron chi connectivity index (χ3n) is 4.12. The Morgan fingerprint density at radius 1 is 1.19 bits per heavy atom. The Labute approximate surface area is 130 Å². The zero-order valence-electron chi connectivity index (χ0n) is 14.5. The molecule has 0 saturated heterocycles. The molecule has 3 nitrogen and oxygen atoms in total. The van der Waals surface area contributed by atoms with Crippen LogP contribution in [0.2, 0.25) is 0 Å². The highest BCUT2D eigenvalue weighted by molar-refractivity contribution is 5.29. The van der Waals surface area contributed by atoms with Crippen molar-refractivity contribution in [2.45, 2.75) is 52.1 Å². The van der Waals surface area contributed by atoms with Crippen LogP contribution >= 0.6 is 0 Å². The minimum absolute atomic E-state index is 0.185. The molecule has 0 aliphatic rings. The summed E-state index contributed by atoms with van der Waals surface area (Å²) in [5.41, 5.74) is 8.89. The lowest BCUT2D eigenvalue weighted by Gasteiger charge is -2.35. The minimum atomic E-state index is 0.185. The summed E-state index contributed by atoms with van der Waals surface area (Å²) in [4.78, 5) is 2.41. The monoisotopic (exact) mass is 292 g/mol. The molecule has 0 radical (unpaired) electrons.